The largest absolute Gasteiger partial charge is 0.465 e. The Morgan fingerprint density at radius 2 is 1.85 bits per heavy atom. The van der Waals surface area contributed by atoms with Crippen molar-refractivity contribution >= 4 is 23.5 Å². The van der Waals surface area contributed by atoms with Gasteiger partial charge in [0.1, 0.15) is 22.3 Å². The first-order valence-electron chi connectivity index (χ1n) is 8.34. The molecule has 0 aromatic heterocycles. The van der Waals surface area contributed by atoms with Crippen LogP contribution in [0, 0.1) is 0 Å². The standard InChI is InChI=1S/C19H20N2O6/c1-9(2)26-17(23)13-10(3)27-15(20)14(16(22)25-4)19(13)11-7-5-6-8-12(11)21-18(19)24/h5-9H,20H2,1-4H3,(H,21,24). The number of nitrogens with one attached hydrogen (secondary N) is 1. The summed E-state index contributed by atoms with van der Waals surface area (Å²) >= 11 is 0. The molecular weight excluding hydrogens is 352 g/mol. The van der Waals surface area contributed by atoms with Gasteiger partial charge in [0.25, 0.3) is 0 Å². The lowest BCUT2D eigenvalue weighted by atomic mass is 9.67. The maximum Gasteiger partial charge on any atom is 0.340 e. The van der Waals surface area contributed by atoms with Gasteiger partial charge in [-0.25, -0.2) is 9.59 Å². The van der Waals surface area contributed by atoms with Crippen LogP contribution in [0.5, 0.6) is 0 Å². The molecule has 2 heterocycles. The van der Waals surface area contributed by atoms with Crippen molar-refractivity contribution in [2.75, 3.05) is 12.4 Å². The SMILES string of the molecule is COC(=O)C1=C(N)OC(C)=C(C(=O)OC(C)C)C12C(=O)Nc1ccccc12. The van der Waals surface area contributed by atoms with Crippen LogP contribution >= 0.6 is 0 Å². The third-order valence-electron chi connectivity index (χ3n) is 4.47. The van der Waals surface area contributed by atoms with E-state index in [1.165, 1.54) is 6.92 Å². The summed E-state index contributed by atoms with van der Waals surface area (Å²) in [5.74, 6) is -2.47. The Labute approximate surface area is 155 Å². The Morgan fingerprint density at radius 1 is 1.19 bits per heavy atom. The van der Waals surface area contributed by atoms with E-state index in [4.69, 9.17) is 19.9 Å². The molecule has 1 spiro atoms. The van der Waals surface area contributed by atoms with E-state index in [9.17, 15) is 14.4 Å². The van der Waals surface area contributed by atoms with E-state index >= 15 is 0 Å². The van der Waals surface area contributed by atoms with Gasteiger partial charge in [-0.3, -0.25) is 4.79 Å². The quantitative estimate of drug-likeness (QED) is 0.772. The van der Waals surface area contributed by atoms with Crippen LogP contribution in [-0.4, -0.2) is 31.1 Å². The van der Waals surface area contributed by atoms with Gasteiger partial charge in [-0.05, 0) is 26.8 Å². The molecule has 3 rings (SSSR count). The van der Waals surface area contributed by atoms with Crippen molar-refractivity contribution in [1.29, 1.82) is 0 Å². The van der Waals surface area contributed by atoms with E-state index in [0.717, 1.165) is 7.11 Å². The second-order valence-corrected chi connectivity index (χ2v) is 6.47. The molecule has 1 unspecified atom stereocenters. The highest BCUT2D eigenvalue weighted by Crippen LogP contribution is 2.52. The number of allylic oxidation sites excluding steroid dienone is 1. The topological polar surface area (TPSA) is 117 Å². The van der Waals surface area contributed by atoms with Crippen molar-refractivity contribution in [2.45, 2.75) is 32.3 Å². The molecule has 0 saturated heterocycles. The lowest BCUT2D eigenvalue weighted by molar-refractivity contribution is -0.145. The van der Waals surface area contributed by atoms with Gasteiger partial charge >= 0.3 is 11.9 Å². The van der Waals surface area contributed by atoms with Crippen LogP contribution in [0.15, 0.2) is 47.1 Å². The average Bonchev–Trinajstić information content (AvgIpc) is 2.86. The van der Waals surface area contributed by atoms with Crippen molar-refractivity contribution in [3.05, 3.63) is 52.6 Å². The summed E-state index contributed by atoms with van der Waals surface area (Å²) in [6.07, 6.45) is -0.445. The summed E-state index contributed by atoms with van der Waals surface area (Å²) in [7, 11) is 1.16. The Bertz CT molecular complexity index is 915. The summed E-state index contributed by atoms with van der Waals surface area (Å²) in [6, 6.07) is 6.74. The second kappa shape index (κ2) is 6.46. The molecule has 8 nitrogen and oxygen atoms in total. The van der Waals surface area contributed by atoms with Gasteiger partial charge in [0.15, 0.2) is 0 Å². The fraction of sp³-hybridized carbons (Fsp3) is 0.316. The molecule has 1 amide bonds. The number of nitrogens with two attached hydrogens (primary N) is 1. The van der Waals surface area contributed by atoms with Crippen molar-refractivity contribution in [1.82, 2.24) is 0 Å². The molecule has 0 aliphatic carbocycles. The van der Waals surface area contributed by atoms with Crippen molar-refractivity contribution in [2.24, 2.45) is 5.73 Å². The van der Waals surface area contributed by atoms with Crippen LogP contribution in [0.3, 0.4) is 0 Å². The predicted molar refractivity (Wildman–Crippen MR) is 95.0 cm³/mol. The molecule has 2 aliphatic rings. The van der Waals surface area contributed by atoms with Crippen LogP contribution in [0.2, 0.25) is 0 Å². The molecule has 142 valence electrons. The van der Waals surface area contributed by atoms with Crippen molar-refractivity contribution in [3.63, 3.8) is 0 Å². The molecule has 27 heavy (non-hydrogen) atoms. The number of benzene rings is 1. The third-order valence-corrected chi connectivity index (χ3v) is 4.47. The predicted octanol–water partition coefficient (Wildman–Crippen LogP) is 1.48. The molecule has 1 atom stereocenters. The molecule has 0 saturated carbocycles. The van der Waals surface area contributed by atoms with Crippen molar-refractivity contribution in [3.8, 4) is 0 Å². The van der Waals surface area contributed by atoms with Gasteiger partial charge in [-0.15, -0.1) is 0 Å². The number of carbonyl (C=O) groups excluding carboxylic acids is 3. The number of anilines is 1. The minimum atomic E-state index is -1.82. The Morgan fingerprint density at radius 3 is 2.48 bits per heavy atom. The number of rotatable bonds is 3. The van der Waals surface area contributed by atoms with E-state index in [1.807, 2.05) is 0 Å². The number of esters is 2. The van der Waals surface area contributed by atoms with Crippen LogP contribution in [0.1, 0.15) is 26.3 Å². The fourth-order valence-corrected chi connectivity index (χ4v) is 3.52. The number of hydrogen-bond donors (Lipinski definition) is 2. The molecule has 1 aromatic carbocycles. The van der Waals surface area contributed by atoms with Crippen LogP contribution in [0.4, 0.5) is 5.69 Å². The maximum atomic E-state index is 13.2. The first-order valence-corrected chi connectivity index (χ1v) is 8.34. The molecule has 3 N–H and O–H groups in total. The number of para-hydroxylation sites is 1. The number of hydrogen-bond acceptors (Lipinski definition) is 7. The number of fused-ring (bicyclic) bond motifs is 2. The molecule has 1 aromatic rings. The van der Waals surface area contributed by atoms with E-state index in [2.05, 4.69) is 5.32 Å². The number of methoxy groups -OCH3 is 1. The molecule has 8 heteroatoms. The van der Waals surface area contributed by atoms with Crippen LogP contribution in [0.25, 0.3) is 0 Å². The van der Waals surface area contributed by atoms with Gasteiger partial charge in [0, 0.05) is 11.3 Å². The summed E-state index contributed by atoms with van der Waals surface area (Å²) in [6.45, 7) is 4.85. The summed E-state index contributed by atoms with van der Waals surface area (Å²) in [5, 5.41) is 2.71. The molecule has 0 fully saturated rings. The number of amides is 1. The van der Waals surface area contributed by atoms with E-state index in [-0.39, 0.29) is 22.8 Å². The monoisotopic (exact) mass is 372 g/mol. The molecule has 0 radical (unpaired) electrons. The second-order valence-electron chi connectivity index (χ2n) is 6.47. The van der Waals surface area contributed by atoms with Gasteiger partial charge in [-0.2, -0.15) is 0 Å². The maximum absolute atomic E-state index is 13.2. The van der Waals surface area contributed by atoms with Crippen LogP contribution in [-0.2, 0) is 34.0 Å². The summed E-state index contributed by atoms with van der Waals surface area (Å²) in [5.41, 5.74) is 4.66. The van der Waals surface area contributed by atoms with Crippen LogP contribution < -0.4 is 11.1 Å². The molecule has 0 bridgehead atoms. The normalized spacial score (nSPS) is 21.1. The number of ether oxygens (including phenoxy) is 3. The summed E-state index contributed by atoms with van der Waals surface area (Å²) in [4.78, 5) is 38.8. The minimum Gasteiger partial charge on any atom is -0.465 e. The highest BCUT2D eigenvalue weighted by Gasteiger charge is 2.61. The zero-order chi connectivity index (χ0) is 19.9. The first kappa shape index (κ1) is 18.5. The number of carbonyl (C=O) groups is 3. The third kappa shape index (κ3) is 2.56. The molecular formula is C19H20N2O6. The molecule has 2 aliphatic heterocycles. The van der Waals surface area contributed by atoms with E-state index in [0.29, 0.717) is 11.3 Å². The Kier molecular flexibility index (Phi) is 4.43. The van der Waals surface area contributed by atoms with E-state index < -0.39 is 29.4 Å². The highest BCUT2D eigenvalue weighted by molar-refractivity contribution is 6.21. The zero-order valence-electron chi connectivity index (χ0n) is 15.4. The lowest BCUT2D eigenvalue weighted by Crippen LogP contribution is -2.48. The van der Waals surface area contributed by atoms with Gasteiger partial charge in [0.2, 0.25) is 11.8 Å². The van der Waals surface area contributed by atoms with Gasteiger partial charge in [-0.1, -0.05) is 18.2 Å². The van der Waals surface area contributed by atoms with Gasteiger partial charge in [0.05, 0.1) is 13.2 Å². The Hall–Kier alpha value is -3.29. The first-order chi connectivity index (χ1) is 12.7. The average molecular weight is 372 g/mol. The smallest absolute Gasteiger partial charge is 0.340 e. The fourth-order valence-electron chi connectivity index (χ4n) is 3.52. The summed E-state index contributed by atoms with van der Waals surface area (Å²) < 4.78 is 15.6. The Balaban J connectivity index is 2.37. The van der Waals surface area contributed by atoms with Gasteiger partial charge < -0.3 is 25.3 Å². The highest BCUT2D eigenvalue weighted by atomic mass is 16.5. The van der Waals surface area contributed by atoms with Crippen molar-refractivity contribution < 1.29 is 28.6 Å². The zero-order valence-corrected chi connectivity index (χ0v) is 15.4. The minimum absolute atomic E-state index is 0.0812. The lowest BCUT2D eigenvalue weighted by Gasteiger charge is -2.35. The van der Waals surface area contributed by atoms with E-state index in [1.54, 1.807) is 38.1 Å².